The Hall–Kier alpha value is -1.58. The maximum atomic E-state index is 9.86. The van der Waals surface area contributed by atoms with Crippen LogP contribution in [0.3, 0.4) is 0 Å². The van der Waals surface area contributed by atoms with Crippen molar-refractivity contribution in [1.29, 1.82) is 0 Å². The monoisotopic (exact) mass is 244 g/mol. The molecule has 0 amide bonds. The van der Waals surface area contributed by atoms with Crippen LogP contribution in [0, 0.1) is 0 Å². The Morgan fingerprint density at radius 2 is 2.11 bits per heavy atom. The molecule has 0 aromatic heterocycles. The minimum atomic E-state index is -0.106. The summed E-state index contributed by atoms with van der Waals surface area (Å²) < 4.78 is 0. The molecule has 96 valence electrons. The molecule has 2 unspecified atom stereocenters. The molecule has 3 heteroatoms. The van der Waals surface area contributed by atoms with Crippen LogP contribution >= 0.6 is 0 Å². The summed E-state index contributed by atoms with van der Waals surface area (Å²) in [6.07, 6.45) is 6.70. The number of aromatic hydroxyl groups is 1. The van der Waals surface area contributed by atoms with E-state index >= 15 is 0 Å². The van der Waals surface area contributed by atoms with Crippen molar-refractivity contribution >= 4 is 12.2 Å². The summed E-state index contributed by atoms with van der Waals surface area (Å²) in [7, 11) is 0. The van der Waals surface area contributed by atoms with E-state index in [4.69, 9.17) is 11.5 Å². The van der Waals surface area contributed by atoms with E-state index in [1.807, 2.05) is 18.2 Å². The molecule has 0 aliphatic heterocycles. The predicted octanol–water partition coefficient (Wildman–Crippen LogP) is 2.26. The molecule has 2 atom stereocenters. The van der Waals surface area contributed by atoms with Gasteiger partial charge in [0.2, 0.25) is 0 Å². The molecule has 0 spiro atoms. The van der Waals surface area contributed by atoms with Crippen LogP contribution < -0.4 is 11.5 Å². The van der Waals surface area contributed by atoms with Gasteiger partial charge in [-0.2, -0.15) is 0 Å². The molecule has 3 nitrogen and oxygen atoms in total. The summed E-state index contributed by atoms with van der Waals surface area (Å²) in [6, 6.07) is 5.33. The topological polar surface area (TPSA) is 72.3 Å². The molecule has 2 rings (SSSR count). The van der Waals surface area contributed by atoms with E-state index in [1.54, 1.807) is 12.1 Å². The van der Waals surface area contributed by atoms with Gasteiger partial charge >= 0.3 is 0 Å². The smallest absolute Gasteiger partial charge is 0.122 e. The first kappa shape index (κ1) is 12.9. The first-order valence-corrected chi connectivity index (χ1v) is 6.29. The summed E-state index contributed by atoms with van der Waals surface area (Å²) in [5.74, 6) is 0.263. The Kier molecular flexibility index (Phi) is 3.84. The summed E-state index contributed by atoms with van der Waals surface area (Å²) in [5, 5.41) is 9.86. The molecule has 5 N–H and O–H groups in total. The second-order valence-electron chi connectivity index (χ2n) is 4.82. The minimum absolute atomic E-state index is 0.0229. The van der Waals surface area contributed by atoms with Crippen LogP contribution in [-0.2, 0) is 0 Å². The van der Waals surface area contributed by atoms with Crippen LogP contribution in [0.25, 0.3) is 12.2 Å². The van der Waals surface area contributed by atoms with Gasteiger partial charge in [0.1, 0.15) is 5.75 Å². The molecule has 0 bridgehead atoms. The Labute approximate surface area is 108 Å². The average Bonchev–Trinajstić information content (AvgIpc) is 2.37. The van der Waals surface area contributed by atoms with Crippen molar-refractivity contribution in [1.82, 2.24) is 0 Å². The van der Waals surface area contributed by atoms with Crippen LogP contribution in [0.1, 0.15) is 30.4 Å². The quantitative estimate of drug-likeness (QED) is 0.747. The van der Waals surface area contributed by atoms with Gasteiger partial charge in [0.05, 0.1) is 0 Å². The van der Waals surface area contributed by atoms with E-state index in [0.29, 0.717) is 0 Å². The molecule has 1 aliphatic carbocycles. The van der Waals surface area contributed by atoms with Crippen molar-refractivity contribution in [3.63, 3.8) is 0 Å². The van der Waals surface area contributed by atoms with E-state index < -0.39 is 0 Å². The van der Waals surface area contributed by atoms with Gasteiger partial charge in [-0.15, -0.1) is 0 Å². The predicted molar refractivity (Wildman–Crippen MR) is 76.0 cm³/mol. The van der Waals surface area contributed by atoms with Crippen LogP contribution in [0.2, 0.25) is 0 Å². The summed E-state index contributed by atoms with van der Waals surface area (Å²) >= 11 is 0. The Morgan fingerprint density at radius 1 is 1.33 bits per heavy atom. The lowest BCUT2D eigenvalue weighted by atomic mass is 9.85. The van der Waals surface area contributed by atoms with Crippen LogP contribution in [0.5, 0.6) is 5.75 Å². The molecule has 0 heterocycles. The van der Waals surface area contributed by atoms with Gasteiger partial charge < -0.3 is 16.6 Å². The van der Waals surface area contributed by atoms with Gasteiger partial charge in [-0.05, 0) is 37.0 Å². The molecule has 1 aromatic rings. The van der Waals surface area contributed by atoms with Crippen LogP contribution in [0.15, 0.2) is 30.4 Å². The third-order valence-corrected chi connectivity index (χ3v) is 3.52. The highest BCUT2D eigenvalue weighted by Gasteiger charge is 2.22. The average molecular weight is 244 g/mol. The highest BCUT2D eigenvalue weighted by molar-refractivity contribution is 5.64. The van der Waals surface area contributed by atoms with Crippen LogP contribution in [0.4, 0.5) is 0 Å². The molecule has 1 saturated carbocycles. The molecule has 1 aromatic carbocycles. The summed E-state index contributed by atoms with van der Waals surface area (Å²) in [4.78, 5) is 0. The third-order valence-electron chi connectivity index (χ3n) is 3.52. The maximum Gasteiger partial charge on any atom is 0.122 e. The van der Waals surface area contributed by atoms with Gasteiger partial charge in [0.15, 0.2) is 0 Å². The lowest BCUT2D eigenvalue weighted by Crippen LogP contribution is -2.45. The standard InChI is InChI=1S/C15H20N2O/c1-2-10-6-7-14(18)12(8-10)9-11-4-3-5-13(16)15(11)17/h2,6-9,13,15,18H,1,3-5,16-17H2. The number of phenols is 1. The molecule has 18 heavy (non-hydrogen) atoms. The zero-order valence-electron chi connectivity index (χ0n) is 10.5. The van der Waals surface area contributed by atoms with Crippen molar-refractivity contribution in [2.75, 3.05) is 0 Å². The highest BCUT2D eigenvalue weighted by atomic mass is 16.3. The minimum Gasteiger partial charge on any atom is -0.507 e. The zero-order chi connectivity index (χ0) is 13.1. The zero-order valence-corrected chi connectivity index (χ0v) is 10.5. The number of phenolic OH excluding ortho intramolecular Hbond substituents is 1. The fourth-order valence-corrected chi connectivity index (χ4v) is 2.35. The molecule has 1 aliphatic rings. The fourth-order valence-electron chi connectivity index (χ4n) is 2.35. The summed E-state index contributed by atoms with van der Waals surface area (Å²) in [6.45, 7) is 3.73. The number of benzene rings is 1. The Balaban J connectivity index is 2.34. The lowest BCUT2D eigenvalue weighted by Gasteiger charge is -2.28. The maximum absolute atomic E-state index is 9.86. The largest absolute Gasteiger partial charge is 0.507 e. The molecular formula is C15H20N2O. The van der Waals surface area contributed by atoms with Crippen molar-refractivity contribution in [3.05, 3.63) is 41.5 Å². The summed E-state index contributed by atoms with van der Waals surface area (Å²) in [5.41, 5.74) is 14.9. The first-order valence-electron chi connectivity index (χ1n) is 6.29. The van der Waals surface area contributed by atoms with Crippen molar-refractivity contribution in [2.45, 2.75) is 31.3 Å². The van der Waals surface area contributed by atoms with Gasteiger partial charge in [-0.3, -0.25) is 0 Å². The molecule has 0 saturated heterocycles. The van der Waals surface area contributed by atoms with Gasteiger partial charge in [0.25, 0.3) is 0 Å². The van der Waals surface area contributed by atoms with E-state index in [9.17, 15) is 5.11 Å². The van der Waals surface area contributed by atoms with E-state index in [2.05, 4.69) is 6.58 Å². The molecule has 1 fully saturated rings. The second kappa shape index (κ2) is 5.38. The lowest BCUT2D eigenvalue weighted by molar-refractivity contribution is 0.462. The number of rotatable bonds is 2. The van der Waals surface area contributed by atoms with E-state index in [-0.39, 0.29) is 17.8 Å². The molecule has 0 radical (unpaired) electrons. The second-order valence-corrected chi connectivity index (χ2v) is 4.82. The van der Waals surface area contributed by atoms with E-state index in [0.717, 1.165) is 36.0 Å². The van der Waals surface area contributed by atoms with Crippen molar-refractivity contribution < 1.29 is 5.11 Å². The van der Waals surface area contributed by atoms with Crippen molar-refractivity contribution in [3.8, 4) is 5.75 Å². The van der Waals surface area contributed by atoms with Gasteiger partial charge in [-0.25, -0.2) is 0 Å². The number of hydrogen-bond donors (Lipinski definition) is 3. The van der Waals surface area contributed by atoms with Crippen molar-refractivity contribution in [2.24, 2.45) is 11.5 Å². The molecular weight excluding hydrogens is 224 g/mol. The fraction of sp³-hybridized carbons (Fsp3) is 0.333. The van der Waals surface area contributed by atoms with E-state index in [1.165, 1.54) is 0 Å². The first-order chi connectivity index (χ1) is 8.61. The van der Waals surface area contributed by atoms with Gasteiger partial charge in [-0.1, -0.05) is 30.4 Å². The number of nitrogens with two attached hydrogens (primary N) is 2. The highest BCUT2D eigenvalue weighted by Crippen LogP contribution is 2.27. The Bertz CT molecular complexity index is 479. The Morgan fingerprint density at radius 3 is 2.83 bits per heavy atom. The number of hydrogen-bond acceptors (Lipinski definition) is 3. The normalized spacial score (nSPS) is 26.2. The SMILES string of the molecule is C=Cc1ccc(O)c(C=C2CCCC(N)C2N)c1. The van der Waals surface area contributed by atoms with Crippen LogP contribution in [-0.4, -0.2) is 17.2 Å². The third kappa shape index (κ3) is 2.63. The van der Waals surface area contributed by atoms with Gasteiger partial charge in [0, 0.05) is 17.6 Å².